The first-order valence-corrected chi connectivity index (χ1v) is 4.35. The van der Waals surface area contributed by atoms with Crippen LogP contribution in [0, 0.1) is 0 Å². The fourth-order valence-electron chi connectivity index (χ4n) is 1.17. The predicted molar refractivity (Wildman–Crippen MR) is 51.3 cm³/mol. The van der Waals surface area contributed by atoms with Crippen LogP contribution in [0.1, 0.15) is 22.3 Å². The summed E-state index contributed by atoms with van der Waals surface area (Å²) in [5.74, 6) is -0.787. The average Bonchev–Trinajstić information content (AvgIpc) is 2.18. The van der Waals surface area contributed by atoms with Crippen molar-refractivity contribution < 1.29 is 18.7 Å². The Morgan fingerprint density at radius 3 is 2.73 bits per heavy atom. The van der Waals surface area contributed by atoms with Crippen molar-refractivity contribution in [1.29, 1.82) is 0 Å². The summed E-state index contributed by atoms with van der Waals surface area (Å²) in [5.41, 5.74) is -0.352. The van der Waals surface area contributed by atoms with Gasteiger partial charge in [0.2, 0.25) is 0 Å². The Kier molecular flexibility index (Phi) is 3.74. The summed E-state index contributed by atoms with van der Waals surface area (Å²) in [6.07, 6.45) is -2.78. The number of carbonyl (C=O) groups is 1. The average molecular weight is 215 g/mol. The van der Waals surface area contributed by atoms with Crippen LogP contribution in [0.2, 0.25) is 0 Å². The zero-order valence-electron chi connectivity index (χ0n) is 8.13. The molecule has 0 aliphatic rings. The number of carbonyl (C=O) groups excluding carboxylic acids is 1. The second kappa shape index (κ2) is 4.84. The Morgan fingerprint density at radius 2 is 2.20 bits per heavy atom. The molecule has 0 bridgehead atoms. The number of phenols is 1. The minimum absolute atomic E-state index is 0.0768. The lowest BCUT2D eigenvalue weighted by Crippen LogP contribution is -2.18. The predicted octanol–water partition coefficient (Wildman–Crippen LogP) is 1.73. The summed E-state index contributed by atoms with van der Waals surface area (Å²) in [6.45, 7) is 0.0768. The van der Waals surface area contributed by atoms with Gasteiger partial charge in [-0.1, -0.05) is 0 Å². The van der Waals surface area contributed by atoms with Gasteiger partial charge in [0.1, 0.15) is 5.75 Å². The molecular formula is C10H11F2NO2. The smallest absolute Gasteiger partial charge is 0.267 e. The molecule has 2 N–H and O–H groups in total. The Hall–Kier alpha value is -1.49. The van der Waals surface area contributed by atoms with Crippen LogP contribution < -0.4 is 5.32 Å². The van der Waals surface area contributed by atoms with E-state index < -0.39 is 17.7 Å². The fourth-order valence-corrected chi connectivity index (χ4v) is 1.17. The summed E-state index contributed by atoms with van der Waals surface area (Å²) < 4.78 is 24.7. The number of aromatic hydroxyl groups is 1. The molecule has 0 aromatic heterocycles. The Bertz CT molecular complexity index is 366. The maximum atomic E-state index is 12.4. The minimum Gasteiger partial charge on any atom is -0.507 e. The van der Waals surface area contributed by atoms with Crippen LogP contribution in [0.3, 0.4) is 0 Å². The zero-order valence-corrected chi connectivity index (χ0v) is 8.13. The first-order chi connectivity index (χ1) is 7.06. The molecule has 0 saturated carbocycles. The van der Waals surface area contributed by atoms with Gasteiger partial charge in [-0.2, -0.15) is 0 Å². The van der Waals surface area contributed by atoms with Crippen LogP contribution in [0.25, 0.3) is 0 Å². The second-order valence-electron chi connectivity index (χ2n) is 3.03. The Labute approximate surface area is 85.7 Å². The van der Waals surface area contributed by atoms with E-state index in [0.717, 1.165) is 12.1 Å². The van der Waals surface area contributed by atoms with Gasteiger partial charge in [-0.25, -0.2) is 8.78 Å². The van der Waals surface area contributed by atoms with Gasteiger partial charge >= 0.3 is 0 Å². The Balaban J connectivity index is 3.02. The van der Waals surface area contributed by atoms with Gasteiger partial charge in [0, 0.05) is 5.56 Å². The van der Waals surface area contributed by atoms with E-state index in [1.165, 1.54) is 6.07 Å². The van der Waals surface area contributed by atoms with Crippen LogP contribution in [0.4, 0.5) is 8.78 Å². The highest BCUT2D eigenvalue weighted by Crippen LogP contribution is 2.28. The molecule has 82 valence electrons. The maximum Gasteiger partial charge on any atom is 0.267 e. The lowest BCUT2D eigenvalue weighted by atomic mass is 10.1. The highest BCUT2D eigenvalue weighted by Gasteiger charge is 2.15. The number of hydrogen-bond acceptors (Lipinski definition) is 3. The van der Waals surface area contributed by atoms with Crippen molar-refractivity contribution in [2.45, 2.75) is 6.43 Å². The number of phenolic OH excluding ortho intramolecular Hbond substituents is 1. The van der Waals surface area contributed by atoms with E-state index in [1.54, 1.807) is 7.05 Å². The molecule has 0 heterocycles. The van der Waals surface area contributed by atoms with Crippen LogP contribution >= 0.6 is 0 Å². The topological polar surface area (TPSA) is 49.3 Å². The first kappa shape index (κ1) is 11.6. The standard InChI is InChI=1S/C10H11F2NO2/c1-13-5-9(15)6-2-3-8(14)7(4-6)10(11)12/h2-4,10,13-14H,5H2,1H3. The molecule has 5 heteroatoms. The summed E-state index contributed by atoms with van der Waals surface area (Å²) in [6, 6.07) is 3.44. The third-order valence-electron chi connectivity index (χ3n) is 1.92. The number of Topliss-reactive ketones (excluding diaryl/α,β-unsaturated/α-hetero) is 1. The molecule has 0 amide bonds. The van der Waals surface area contributed by atoms with Gasteiger partial charge in [0.15, 0.2) is 5.78 Å². The molecule has 0 fully saturated rings. The number of nitrogens with one attached hydrogen (secondary N) is 1. The number of alkyl halides is 2. The van der Waals surface area contributed by atoms with Crippen molar-refractivity contribution in [1.82, 2.24) is 5.32 Å². The number of ketones is 1. The van der Waals surface area contributed by atoms with Gasteiger partial charge in [0.05, 0.1) is 12.1 Å². The lowest BCUT2D eigenvalue weighted by Gasteiger charge is -2.06. The van der Waals surface area contributed by atoms with E-state index in [4.69, 9.17) is 5.11 Å². The molecule has 0 aliphatic carbocycles. The molecule has 1 rings (SSSR count). The van der Waals surface area contributed by atoms with E-state index in [2.05, 4.69) is 5.32 Å². The van der Waals surface area contributed by atoms with Crippen molar-refractivity contribution >= 4 is 5.78 Å². The molecule has 1 aromatic carbocycles. The summed E-state index contributed by atoms with van der Waals surface area (Å²) in [4.78, 5) is 11.3. The number of rotatable bonds is 4. The van der Waals surface area contributed by atoms with Crippen molar-refractivity contribution in [3.8, 4) is 5.75 Å². The number of halogens is 2. The van der Waals surface area contributed by atoms with Crippen LogP contribution in [0.15, 0.2) is 18.2 Å². The SMILES string of the molecule is CNCC(=O)c1ccc(O)c(C(F)F)c1. The van der Waals surface area contributed by atoms with Gasteiger partial charge in [-0.05, 0) is 25.2 Å². The van der Waals surface area contributed by atoms with E-state index in [0.29, 0.717) is 0 Å². The van der Waals surface area contributed by atoms with Crippen LogP contribution in [-0.2, 0) is 0 Å². The third kappa shape index (κ3) is 2.73. The van der Waals surface area contributed by atoms with Crippen LogP contribution in [0.5, 0.6) is 5.75 Å². The van der Waals surface area contributed by atoms with Crippen molar-refractivity contribution in [2.75, 3.05) is 13.6 Å². The molecule has 0 saturated heterocycles. The molecule has 0 radical (unpaired) electrons. The quantitative estimate of drug-likeness (QED) is 0.752. The maximum absolute atomic E-state index is 12.4. The molecule has 15 heavy (non-hydrogen) atoms. The van der Waals surface area contributed by atoms with Crippen LogP contribution in [-0.4, -0.2) is 24.5 Å². The number of benzene rings is 1. The van der Waals surface area contributed by atoms with E-state index in [1.807, 2.05) is 0 Å². The van der Waals surface area contributed by atoms with Gasteiger partial charge < -0.3 is 10.4 Å². The summed E-state index contributed by atoms with van der Waals surface area (Å²) >= 11 is 0. The zero-order chi connectivity index (χ0) is 11.4. The van der Waals surface area contributed by atoms with Crippen molar-refractivity contribution in [3.05, 3.63) is 29.3 Å². The van der Waals surface area contributed by atoms with Gasteiger partial charge in [-0.3, -0.25) is 4.79 Å². The van der Waals surface area contributed by atoms with Crippen molar-refractivity contribution in [3.63, 3.8) is 0 Å². The summed E-state index contributed by atoms with van der Waals surface area (Å²) in [7, 11) is 1.59. The van der Waals surface area contributed by atoms with E-state index >= 15 is 0 Å². The highest BCUT2D eigenvalue weighted by molar-refractivity contribution is 5.97. The monoisotopic (exact) mass is 215 g/mol. The van der Waals surface area contributed by atoms with Crippen molar-refractivity contribution in [2.24, 2.45) is 0 Å². The minimum atomic E-state index is -2.78. The molecule has 0 aliphatic heterocycles. The third-order valence-corrected chi connectivity index (χ3v) is 1.92. The largest absolute Gasteiger partial charge is 0.507 e. The number of likely N-dealkylation sites (N-methyl/N-ethyl adjacent to an activating group) is 1. The fraction of sp³-hybridized carbons (Fsp3) is 0.300. The van der Waals surface area contributed by atoms with Gasteiger partial charge in [0.25, 0.3) is 6.43 Å². The second-order valence-corrected chi connectivity index (χ2v) is 3.03. The molecule has 0 spiro atoms. The molecule has 0 atom stereocenters. The van der Waals surface area contributed by atoms with Gasteiger partial charge in [-0.15, -0.1) is 0 Å². The molecular weight excluding hydrogens is 204 g/mol. The van der Waals surface area contributed by atoms with E-state index in [9.17, 15) is 13.6 Å². The lowest BCUT2D eigenvalue weighted by molar-refractivity contribution is 0.0993. The number of hydrogen-bond donors (Lipinski definition) is 2. The highest BCUT2D eigenvalue weighted by atomic mass is 19.3. The Morgan fingerprint density at radius 1 is 1.53 bits per heavy atom. The normalized spacial score (nSPS) is 10.7. The molecule has 0 unspecified atom stereocenters. The molecule has 3 nitrogen and oxygen atoms in total. The first-order valence-electron chi connectivity index (χ1n) is 4.35. The molecule has 1 aromatic rings. The van der Waals surface area contributed by atoms with E-state index in [-0.39, 0.29) is 17.9 Å². The summed E-state index contributed by atoms with van der Waals surface area (Å²) in [5, 5.41) is 11.7.